The van der Waals surface area contributed by atoms with Gasteiger partial charge >= 0.3 is 5.97 Å². The first-order valence-corrected chi connectivity index (χ1v) is 9.56. The smallest absolute Gasteiger partial charge is 0.303 e. The van der Waals surface area contributed by atoms with Gasteiger partial charge in [0.1, 0.15) is 11.6 Å². The molecular weight excluding hydrogens is 345 g/mol. The summed E-state index contributed by atoms with van der Waals surface area (Å²) >= 11 is 0. The van der Waals surface area contributed by atoms with Crippen LogP contribution in [0.3, 0.4) is 0 Å². The van der Waals surface area contributed by atoms with Gasteiger partial charge in [0.05, 0.1) is 12.3 Å². The van der Waals surface area contributed by atoms with Gasteiger partial charge in [-0.05, 0) is 54.5 Å². The van der Waals surface area contributed by atoms with Crippen LogP contribution in [0.25, 0.3) is 0 Å². The van der Waals surface area contributed by atoms with E-state index in [-0.39, 0.29) is 12.2 Å². The highest BCUT2D eigenvalue weighted by atomic mass is 19.1. The van der Waals surface area contributed by atoms with E-state index >= 15 is 0 Å². The lowest BCUT2D eigenvalue weighted by molar-refractivity contribution is -0.136. The van der Waals surface area contributed by atoms with Crippen molar-refractivity contribution >= 4 is 11.7 Å². The summed E-state index contributed by atoms with van der Waals surface area (Å²) in [6.07, 6.45) is 3.25. The molecule has 0 spiro atoms. The molecule has 0 aliphatic carbocycles. The minimum atomic E-state index is -0.781. The molecule has 2 aromatic carbocycles. The predicted molar refractivity (Wildman–Crippen MR) is 104 cm³/mol. The zero-order valence-electron chi connectivity index (χ0n) is 15.7. The van der Waals surface area contributed by atoms with Crippen molar-refractivity contribution in [1.29, 1.82) is 0 Å². The molecule has 144 valence electrons. The van der Waals surface area contributed by atoms with Crippen LogP contribution < -0.4 is 9.64 Å². The number of aryl methyl sites for hydroxylation is 1. The van der Waals surface area contributed by atoms with Crippen LogP contribution in [0.4, 0.5) is 10.1 Å². The van der Waals surface area contributed by atoms with E-state index in [1.54, 1.807) is 12.1 Å². The molecule has 1 heterocycles. The van der Waals surface area contributed by atoms with E-state index in [1.807, 2.05) is 13.0 Å². The molecule has 1 aliphatic heterocycles. The number of carboxylic acids is 1. The Hall–Kier alpha value is -2.56. The first-order chi connectivity index (χ1) is 13.1. The van der Waals surface area contributed by atoms with Crippen LogP contribution >= 0.6 is 0 Å². The molecule has 27 heavy (non-hydrogen) atoms. The van der Waals surface area contributed by atoms with Crippen LogP contribution in [-0.4, -0.2) is 30.8 Å². The number of halogens is 1. The topological polar surface area (TPSA) is 49.8 Å². The summed E-state index contributed by atoms with van der Waals surface area (Å²) in [7, 11) is 0. The molecule has 1 N–H and O–H groups in total. The Morgan fingerprint density at radius 2 is 1.93 bits per heavy atom. The quantitative estimate of drug-likeness (QED) is 0.791. The minimum absolute atomic E-state index is 0.140. The number of fused-ring (bicyclic) bond motifs is 1. The first kappa shape index (κ1) is 19.2. The second-order valence-electron chi connectivity index (χ2n) is 6.95. The van der Waals surface area contributed by atoms with Gasteiger partial charge < -0.3 is 14.7 Å². The van der Waals surface area contributed by atoms with Crippen molar-refractivity contribution in [3.8, 4) is 5.75 Å². The summed E-state index contributed by atoms with van der Waals surface area (Å²) in [5, 5.41) is 8.87. The minimum Gasteiger partial charge on any atom is -0.494 e. The van der Waals surface area contributed by atoms with Crippen molar-refractivity contribution in [3.05, 3.63) is 58.9 Å². The Bertz CT molecular complexity index is 806. The highest BCUT2D eigenvalue weighted by Crippen LogP contribution is 2.28. The molecule has 0 aromatic heterocycles. The van der Waals surface area contributed by atoms with Gasteiger partial charge in [-0.3, -0.25) is 4.79 Å². The summed E-state index contributed by atoms with van der Waals surface area (Å²) in [5.74, 6) is -0.310. The molecule has 1 aliphatic rings. The summed E-state index contributed by atoms with van der Waals surface area (Å²) in [6, 6.07) is 11.2. The number of carbonyl (C=O) groups is 1. The van der Waals surface area contributed by atoms with Crippen molar-refractivity contribution < 1.29 is 19.0 Å². The van der Waals surface area contributed by atoms with Crippen LogP contribution in [0, 0.1) is 5.82 Å². The lowest BCUT2D eigenvalue weighted by atomic mass is 9.98. The van der Waals surface area contributed by atoms with Gasteiger partial charge in [0.15, 0.2) is 0 Å². The molecule has 0 fully saturated rings. The van der Waals surface area contributed by atoms with Crippen molar-refractivity contribution in [3.63, 3.8) is 0 Å². The molecule has 0 bridgehead atoms. The average molecular weight is 371 g/mol. The fourth-order valence-electron chi connectivity index (χ4n) is 3.47. The van der Waals surface area contributed by atoms with Crippen LogP contribution in [0.15, 0.2) is 36.4 Å². The number of benzene rings is 2. The van der Waals surface area contributed by atoms with Gasteiger partial charge in [-0.1, -0.05) is 25.1 Å². The number of hydrogen-bond donors (Lipinski definition) is 1. The van der Waals surface area contributed by atoms with E-state index in [0.29, 0.717) is 24.5 Å². The van der Waals surface area contributed by atoms with E-state index < -0.39 is 5.97 Å². The summed E-state index contributed by atoms with van der Waals surface area (Å²) < 4.78 is 20.1. The Morgan fingerprint density at radius 1 is 1.15 bits per heavy atom. The molecule has 0 amide bonds. The standard InChI is InChI=1S/C22H26FNO3/c1-2-13-27-19-6-7-20(23)21(15-19)24-11-9-17-5-3-16(4-8-22(25)26)14-18(17)10-12-24/h3,5-7,14-15H,2,4,8-13H2,1H3,(H,25,26). The summed E-state index contributed by atoms with van der Waals surface area (Å²) in [4.78, 5) is 12.9. The van der Waals surface area contributed by atoms with Gasteiger partial charge in [-0.15, -0.1) is 0 Å². The third-order valence-corrected chi connectivity index (χ3v) is 4.93. The number of ether oxygens (including phenoxy) is 1. The van der Waals surface area contributed by atoms with Gasteiger partial charge in [0, 0.05) is 25.6 Å². The maximum atomic E-state index is 14.4. The lowest BCUT2D eigenvalue weighted by Gasteiger charge is -2.23. The summed E-state index contributed by atoms with van der Waals surface area (Å²) in [5.41, 5.74) is 4.13. The van der Waals surface area contributed by atoms with Crippen molar-refractivity contribution in [2.75, 3.05) is 24.6 Å². The highest BCUT2D eigenvalue weighted by Gasteiger charge is 2.18. The normalized spacial score (nSPS) is 13.8. The third-order valence-electron chi connectivity index (χ3n) is 4.93. The fourth-order valence-corrected chi connectivity index (χ4v) is 3.47. The Balaban J connectivity index is 1.73. The first-order valence-electron chi connectivity index (χ1n) is 9.56. The molecular formula is C22H26FNO3. The van der Waals surface area contributed by atoms with Crippen molar-refractivity contribution in [2.24, 2.45) is 0 Å². The van der Waals surface area contributed by atoms with Crippen molar-refractivity contribution in [2.45, 2.75) is 39.0 Å². The van der Waals surface area contributed by atoms with Gasteiger partial charge in [-0.25, -0.2) is 4.39 Å². The second-order valence-corrected chi connectivity index (χ2v) is 6.95. The van der Waals surface area contributed by atoms with Crippen LogP contribution in [0.5, 0.6) is 5.75 Å². The number of anilines is 1. The molecule has 2 aromatic rings. The Morgan fingerprint density at radius 3 is 2.67 bits per heavy atom. The molecule has 0 atom stereocenters. The number of hydrogen-bond acceptors (Lipinski definition) is 3. The van der Waals surface area contributed by atoms with E-state index in [1.165, 1.54) is 17.2 Å². The summed E-state index contributed by atoms with van der Waals surface area (Å²) in [6.45, 7) is 4.13. The number of rotatable bonds is 7. The Kier molecular flexibility index (Phi) is 6.32. The van der Waals surface area contributed by atoms with E-state index in [4.69, 9.17) is 9.84 Å². The molecule has 0 saturated heterocycles. The van der Waals surface area contributed by atoms with Gasteiger partial charge in [0.25, 0.3) is 0 Å². The van der Waals surface area contributed by atoms with E-state index in [9.17, 15) is 9.18 Å². The van der Waals surface area contributed by atoms with Gasteiger partial charge in [-0.2, -0.15) is 0 Å². The molecule has 5 heteroatoms. The molecule has 0 radical (unpaired) electrons. The SMILES string of the molecule is CCCOc1ccc(F)c(N2CCc3ccc(CCC(=O)O)cc3CC2)c1. The lowest BCUT2D eigenvalue weighted by Crippen LogP contribution is -2.27. The zero-order chi connectivity index (χ0) is 19.2. The number of nitrogens with zero attached hydrogens (tertiary/aromatic N) is 1. The zero-order valence-corrected chi connectivity index (χ0v) is 15.7. The maximum Gasteiger partial charge on any atom is 0.303 e. The van der Waals surface area contributed by atoms with Gasteiger partial charge in [0.2, 0.25) is 0 Å². The molecule has 0 saturated carbocycles. The average Bonchev–Trinajstić information content (AvgIpc) is 2.88. The maximum absolute atomic E-state index is 14.4. The van der Waals surface area contributed by atoms with E-state index in [0.717, 1.165) is 37.9 Å². The second kappa shape index (κ2) is 8.89. The number of aliphatic carboxylic acids is 1. The predicted octanol–water partition coefficient (Wildman–Crippen LogP) is 4.24. The Labute approximate surface area is 159 Å². The largest absolute Gasteiger partial charge is 0.494 e. The molecule has 3 rings (SSSR count). The fraction of sp³-hybridized carbons (Fsp3) is 0.409. The highest BCUT2D eigenvalue weighted by molar-refractivity contribution is 5.67. The van der Waals surface area contributed by atoms with Crippen LogP contribution in [-0.2, 0) is 24.1 Å². The molecule has 0 unspecified atom stereocenters. The number of carboxylic acid groups (broad SMARTS) is 1. The monoisotopic (exact) mass is 371 g/mol. The van der Waals surface area contributed by atoms with Crippen LogP contribution in [0.1, 0.15) is 36.5 Å². The van der Waals surface area contributed by atoms with Crippen molar-refractivity contribution in [1.82, 2.24) is 0 Å². The third kappa shape index (κ3) is 5.00. The van der Waals surface area contributed by atoms with E-state index in [2.05, 4.69) is 17.0 Å². The van der Waals surface area contributed by atoms with Crippen LogP contribution in [0.2, 0.25) is 0 Å². The molecule has 4 nitrogen and oxygen atoms in total.